The first-order valence-corrected chi connectivity index (χ1v) is 6.50. The van der Waals surface area contributed by atoms with Crippen LogP contribution in [0.5, 0.6) is 5.75 Å². The summed E-state index contributed by atoms with van der Waals surface area (Å²) < 4.78 is 7.10. The zero-order chi connectivity index (χ0) is 13.9. The van der Waals surface area contributed by atoms with Gasteiger partial charge in [-0.15, -0.1) is 0 Å². The second kappa shape index (κ2) is 5.30. The third-order valence-electron chi connectivity index (χ3n) is 3.20. The summed E-state index contributed by atoms with van der Waals surface area (Å²) in [5, 5.41) is 4.64. The standard InChI is InChI=1S/C15H16N4O/c1-20-13-4-2-3-11(9-13)14-5-6-15-17-10-12(7-8-16)19(15)18-14/h2-6,9-10H,7-8,16H2,1H3. The Balaban J connectivity index is 2.09. The lowest BCUT2D eigenvalue weighted by Gasteiger charge is -2.05. The highest BCUT2D eigenvalue weighted by Gasteiger charge is 2.07. The first kappa shape index (κ1) is 12.6. The number of fused-ring (bicyclic) bond motifs is 1. The minimum Gasteiger partial charge on any atom is -0.497 e. The number of nitrogens with two attached hydrogens (primary N) is 1. The maximum Gasteiger partial charge on any atom is 0.153 e. The molecule has 20 heavy (non-hydrogen) atoms. The summed E-state index contributed by atoms with van der Waals surface area (Å²) in [4.78, 5) is 4.33. The van der Waals surface area contributed by atoms with E-state index in [1.807, 2.05) is 47.1 Å². The fourth-order valence-electron chi connectivity index (χ4n) is 2.18. The number of hydrogen-bond acceptors (Lipinski definition) is 4. The normalized spacial score (nSPS) is 10.9. The van der Waals surface area contributed by atoms with Crippen molar-refractivity contribution in [2.75, 3.05) is 13.7 Å². The van der Waals surface area contributed by atoms with Gasteiger partial charge in [-0.1, -0.05) is 12.1 Å². The fraction of sp³-hybridized carbons (Fsp3) is 0.200. The predicted molar refractivity (Wildman–Crippen MR) is 77.7 cm³/mol. The highest BCUT2D eigenvalue weighted by Crippen LogP contribution is 2.22. The van der Waals surface area contributed by atoms with Crippen LogP contribution in [0.3, 0.4) is 0 Å². The SMILES string of the molecule is COc1cccc(-c2ccc3ncc(CCN)n3n2)c1. The molecule has 1 aromatic carbocycles. The average molecular weight is 268 g/mol. The molecule has 3 aromatic rings. The van der Waals surface area contributed by atoms with Crippen LogP contribution in [0.1, 0.15) is 5.69 Å². The van der Waals surface area contributed by atoms with Gasteiger partial charge >= 0.3 is 0 Å². The number of hydrogen-bond donors (Lipinski definition) is 1. The van der Waals surface area contributed by atoms with Crippen LogP contribution >= 0.6 is 0 Å². The third-order valence-corrected chi connectivity index (χ3v) is 3.20. The summed E-state index contributed by atoms with van der Waals surface area (Å²) in [5.74, 6) is 0.817. The molecule has 0 saturated carbocycles. The number of rotatable bonds is 4. The molecule has 0 amide bonds. The zero-order valence-electron chi connectivity index (χ0n) is 11.3. The molecule has 0 atom stereocenters. The van der Waals surface area contributed by atoms with Gasteiger partial charge in [0.15, 0.2) is 5.65 Å². The molecule has 0 radical (unpaired) electrons. The summed E-state index contributed by atoms with van der Waals surface area (Å²) in [6, 6.07) is 11.8. The number of aromatic nitrogens is 3. The summed E-state index contributed by atoms with van der Waals surface area (Å²) in [6.07, 6.45) is 2.58. The van der Waals surface area contributed by atoms with Crippen molar-refractivity contribution in [1.82, 2.24) is 14.6 Å². The minimum atomic E-state index is 0.582. The Labute approximate surface area is 117 Å². The van der Waals surface area contributed by atoms with Gasteiger partial charge in [0, 0.05) is 12.0 Å². The second-order valence-corrected chi connectivity index (χ2v) is 4.51. The van der Waals surface area contributed by atoms with Crippen LogP contribution in [-0.4, -0.2) is 28.3 Å². The van der Waals surface area contributed by atoms with Crippen molar-refractivity contribution in [2.24, 2.45) is 5.73 Å². The van der Waals surface area contributed by atoms with E-state index in [1.165, 1.54) is 0 Å². The molecule has 2 aromatic heterocycles. The highest BCUT2D eigenvalue weighted by molar-refractivity contribution is 5.62. The number of imidazole rings is 1. The van der Waals surface area contributed by atoms with Gasteiger partial charge in [-0.3, -0.25) is 0 Å². The van der Waals surface area contributed by atoms with E-state index in [0.29, 0.717) is 6.54 Å². The lowest BCUT2D eigenvalue weighted by atomic mass is 10.1. The monoisotopic (exact) mass is 268 g/mol. The van der Waals surface area contributed by atoms with Gasteiger partial charge in [0.2, 0.25) is 0 Å². The fourth-order valence-corrected chi connectivity index (χ4v) is 2.18. The quantitative estimate of drug-likeness (QED) is 0.785. The molecule has 102 valence electrons. The molecule has 5 nitrogen and oxygen atoms in total. The van der Waals surface area contributed by atoms with Crippen LogP contribution in [-0.2, 0) is 6.42 Å². The van der Waals surface area contributed by atoms with E-state index in [9.17, 15) is 0 Å². The number of nitrogens with zero attached hydrogens (tertiary/aromatic N) is 3. The molecule has 5 heteroatoms. The van der Waals surface area contributed by atoms with E-state index < -0.39 is 0 Å². The molecular weight excluding hydrogens is 252 g/mol. The molecule has 3 rings (SSSR count). The van der Waals surface area contributed by atoms with Crippen molar-refractivity contribution >= 4 is 5.65 Å². The first-order valence-electron chi connectivity index (χ1n) is 6.50. The van der Waals surface area contributed by atoms with E-state index in [-0.39, 0.29) is 0 Å². The summed E-state index contributed by atoms with van der Waals surface area (Å²) in [5.41, 5.74) is 9.36. The Kier molecular flexibility index (Phi) is 3.35. The van der Waals surface area contributed by atoms with Crippen LogP contribution in [0.25, 0.3) is 16.9 Å². The molecule has 0 fully saturated rings. The zero-order valence-corrected chi connectivity index (χ0v) is 11.3. The van der Waals surface area contributed by atoms with Crippen molar-refractivity contribution < 1.29 is 4.74 Å². The van der Waals surface area contributed by atoms with Crippen molar-refractivity contribution in [3.8, 4) is 17.0 Å². The van der Waals surface area contributed by atoms with Crippen LogP contribution in [0, 0.1) is 0 Å². The number of benzene rings is 1. The van der Waals surface area contributed by atoms with Gasteiger partial charge in [-0.2, -0.15) is 5.10 Å². The van der Waals surface area contributed by atoms with Gasteiger partial charge in [-0.25, -0.2) is 9.50 Å². The van der Waals surface area contributed by atoms with Gasteiger partial charge < -0.3 is 10.5 Å². The summed E-state index contributed by atoms with van der Waals surface area (Å²) in [7, 11) is 1.66. The molecule has 0 bridgehead atoms. The van der Waals surface area contributed by atoms with Crippen molar-refractivity contribution in [3.63, 3.8) is 0 Å². The van der Waals surface area contributed by atoms with E-state index in [1.54, 1.807) is 7.11 Å². The molecule has 0 unspecified atom stereocenters. The smallest absolute Gasteiger partial charge is 0.153 e. The maximum atomic E-state index is 5.61. The van der Waals surface area contributed by atoms with Gasteiger partial charge in [0.05, 0.1) is 24.7 Å². The lowest BCUT2D eigenvalue weighted by molar-refractivity contribution is 0.415. The Morgan fingerprint density at radius 3 is 2.95 bits per heavy atom. The Hall–Kier alpha value is -2.40. The predicted octanol–water partition coefficient (Wildman–Crippen LogP) is 1.91. The minimum absolute atomic E-state index is 0.582. The first-order chi connectivity index (χ1) is 9.81. The lowest BCUT2D eigenvalue weighted by Crippen LogP contribution is -2.06. The van der Waals surface area contributed by atoms with E-state index in [4.69, 9.17) is 10.5 Å². The summed E-state index contributed by atoms with van der Waals surface area (Å²) in [6.45, 7) is 0.582. The maximum absolute atomic E-state index is 5.61. The van der Waals surface area contributed by atoms with Gasteiger partial charge in [0.25, 0.3) is 0 Å². The van der Waals surface area contributed by atoms with Crippen molar-refractivity contribution in [3.05, 3.63) is 48.3 Å². The molecule has 2 N–H and O–H groups in total. The van der Waals surface area contributed by atoms with Gasteiger partial charge in [0.1, 0.15) is 5.75 Å². The molecule has 0 aliphatic heterocycles. The summed E-state index contributed by atoms with van der Waals surface area (Å²) >= 11 is 0. The second-order valence-electron chi connectivity index (χ2n) is 4.51. The molecular formula is C15H16N4O. The Morgan fingerprint density at radius 1 is 1.25 bits per heavy atom. The largest absolute Gasteiger partial charge is 0.497 e. The average Bonchev–Trinajstić information content (AvgIpc) is 2.90. The van der Waals surface area contributed by atoms with Crippen molar-refractivity contribution in [1.29, 1.82) is 0 Å². The Bertz CT molecular complexity index is 736. The molecule has 0 spiro atoms. The van der Waals surface area contributed by atoms with E-state index >= 15 is 0 Å². The van der Waals surface area contributed by atoms with Crippen molar-refractivity contribution in [2.45, 2.75) is 6.42 Å². The van der Waals surface area contributed by atoms with Crippen LogP contribution in [0.4, 0.5) is 0 Å². The van der Waals surface area contributed by atoms with Gasteiger partial charge in [-0.05, 0) is 30.8 Å². The van der Waals surface area contributed by atoms with E-state index in [0.717, 1.165) is 34.8 Å². The molecule has 0 aliphatic carbocycles. The van der Waals surface area contributed by atoms with Crippen LogP contribution in [0.2, 0.25) is 0 Å². The molecule has 2 heterocycles. The van der Waals surface area contributed by atoms with Crippen LogP contribution in [0.15, 0.2) is 42.6 Å². The number of methoxy groups -OCH3 is 1. The van der Waals surface area contributed by atoms with E-state index in [2.05, 4.69) is 10.1 Å². The molecule has 0 saturated heterocycles. The topological polar surface area (TPSA) is 65.4 Å². The third kappa shape index (κ3) is 2.23. The van der Waals surface area contributed by atoms with Crippen LogP contribution < -0.4 is 10.5 Å². The highest BCUT2D eigenvalue weighted by atomic mass is 16.5. The molecule has 0 aliphatic rings. The Morgan fingerprint density at radius 2 is 2.15 bits per heavy atom. The number of ether oxygens (including phenoxy) is 1.